The summed E-state index contributed by atoms with van der Waals surface area (Å²) in [6, 6.07) is 7.99. The second-order valence-electron chi connectivity index (χ2n) is 5.54. The first-order valence-corrected chi connectivity index (χ1v) is 9.01. The highest BCUT2D eigenvalue weighted by Gasteiger charge is 2.18. The Kier molecular flexibility index (Phi) is 5.74. The molecule has 0 radical (unpaired) electrons. The van der Waals surface area contributed by atoms with Crippen molar-refractivity contribution in [3.8, 4) is 0 Å². The van der Waals surface area contributed by atoms with E-state index in [4.69, 9.17) is 4.74 Å². The second-order valence-corrected chi connectivity index (χ2v) is 7.69. The summed E-state index contributed by atoms with van der Waals surface area (Å²) in [6.45, 7) is 2.01. The SMILES string of the molecule is CCCc1cc(C(=O)OCc2cccc(S(=O)(=O)N(C)C)c2)n[nH]1. The number of rotatable bonds is 7. The van der Waals surface area contributed by atoms with Gasteiger partial charge in [0.1, 0.15) is 6.61 Å². The summed E-state index contributed by atoms with van der Waals surface area (Å²) in [5.41, 5.74) is 1.69. The van der Waals surface area contributed by atoms with Crippen molar-refractivity contribution in [2.45, 2.75) is 31.3 Å². The Bertz CT molecular complexity index is 812. The summed E-state index contributed by atoms with van der Waals surface area (Å²) in [4.78, 5) is 12.2. The van der Waals surface area contributed by atoms with Gasteiger partial charge in [-0.15, -0.1) is 0 Å². The molecule has 1 aromatic carbocycles. The molecule has 0 aliphatic carbocycles. The largest absolute Gasteiger partial charge is 0.456 e. The molecule has 0 atom stereocenters. The maximum Gasteiger partial charge on any atom is 0.359 e. The first-order chi connectivity index (χ1) is 11.3. The highest BCUT2D eigenvalue weighted by Crippen LogP contribution is 2.16. The summed E-state index contributed by atoms with van der Waals surface area (Å²) < 4.78 is 30.6. The van der Waals surface area contributed by atoms with Crippen molar-refractivity contribution in [2.24, 2.45) is 0 Å². The van der Waals surface area contributed by atoms with E-state index in [-0.39, 0.29) is 17.2 Å². The Morgan fingerprint density at radius 1 is 1.29 bits per heavy atom. The summed E-state index contributed by atoms with van der Waals surface area (Å²) in [5.74, 6) is -0.547. The van der Waals surface area contributed by atoms with Gasteiger partial charge in [-0.05, 0) is 30.2 Å². The molecule has 0 saturated heterocycles. The van der Waals surface area contributed by atoms with Crippen LogP contribution in [0.4, 0.5) is 0 Å². The van der Waals surface area contributed by atoms with Crippen molar-refractivity contribution in [1.29, 1.82) is 0 Å². The highest BCUT2D eigenvalue weighted by atomic mass is 32.2. The van der Waals surface area contributed by atoms with Crippen LogP contribution < -0.4 is 0 Å². The number of H-pyrrole nitrogens is 1. The molecule has 0 bridgehead atoms. The van der Waals surface area contributed by atoms with E-state index in [1.807, 2.05) is 6.92 Å². The number of hydrogen-bond donors (Lipinski definition) is 1. The number of aromatic nitrogens is 2. The number of aryl methyl sites for hydroxylation is 1. The number of aromatic amines is 1. The molecule has 1 heterocycles. The molecule has 0 spiro atoms. The Hall–Kier alpha value is -2.19. The van der Waals surface area contributed by atoms with E-state index in [1.54, 1.807) is 18.2 Å². The van der Waals surface area contributed by atoms with Crippen LogP contribution in [0.3, 0.4) is 0 Å². The fourth-order valence-corrected chi connectivity index (χ4v) is 3.07. The lowest BCUT2D eigenvalue weighted by Crippen LogP contribution is -2.22. The van der Waals surface area contributed by atoms with Crippen LogP contribution >= 0.6 is 0 Å². The van der Waals surface area contributed by atoms with Gasteiger partial charge in [-0.25, -0.2) is 17.5 Å². The number of hydrogen-bond acceptors (Lipinski definition) is 5. The Balaban J connectivity index is 2.05. The van der Waals surface area contributed by atoms with E-state index in [0.717, 1.165) is 22.8 Å². The molecule has 0 amide bonds. The fourth-order valence-electron chi connectivity index (χ4n) is 2.09. The van der Waals surface area contributed by atoms with Crippen LogP contribution in [0.2, 0.25) is 0 Å². The van der Waals surface area contributed by atoms with Crippen molar-refractivity contribution in [1.82, 2.24) is 14.5 Å². The third-order valence-corrected chi connectivity index (χ3v) is 5.22. The minimum atomic E-state index is -3.52. The number of esters is 1. The van der Waals surface area contributed by atoms with Gasteiger partial charge in [0.2, 0.25) is 10.0 Å². The smallest absolute Gasteiger partial charge is 0.359 e. The molecule has 0 saturated carbocycles. The lowest BCUT2D eigenvalue weighted by Gasteiger charge is -2.12. The molecule has 7 nitrogen and oxygen atoms in total. The monoisotopic (exact) mass is 351 g/mol. The number of ether oxygens (including phenoxy) is 1. The third kappa shape index (κ3) is 4.21. The van der Waals surface area contributed by atoms with Gasteiger partial charge >= 0.3 is 5.97 Å². The Morgan fingerprint density at radius 3 is 2.71 bits per heavy atom. The van der Waals surface area contributed by atoms with Crippen LogP contribution in [0.5, 0.6) is 0 Å². The van der Waals surface area contributed by atoms with Crippen LogP contribution in [0.15, 0.2) is 35.2 Å². The second kappa shape index (κ2) is 7.59. The van der Waals surface area contributed by atoms with Crippen molar-refractivity contribution >= 4 is 16.0 Å². The standard InChI is InChI=1S/C16H21N3O4S/c1-4-6-13-10-15(18-17-13)16(20)23-11-12-7-5-8-14(9-12)24(21,22)19(2)3/h5,7-10H,4,6,11H2,1-3H3,(H,17,18). The highest BCUT2D eigenvalue weighted by molar-refractivity contribution is 7.89. The maximum absolute atomic E-state index is 12.1. The van der Waals surface area contributed by atoms with Crippen LogP contribution in [-0.2, 0) is 27.8 Å². The molecule has 0 aliphatic rings. The number of sulfonamides is 1. The Morgan fingerprint density at radius 2 is 2.04 bits per heavy atom. The van der Waals surface area contributed by atoms with Gasteiger partial charge in [-0.2, -0.15) is 5.10 Å². The van der Waals surface area contributed by atoms with E-state index < -0.39 is 16.0 Å². The molecule has 130 valence electrons. The number of carbonyl (C=O) groups is 1. The van der Waals surface area contributed by atoms with Gasteiger partial charge < -0.3 is 4.74 Å². The zero-order valence-electron chi connectivity index (χ0n) is 13.9. The topological polar surface area (TPSA) is 92.4 Å². The number of benzene rings is 1. The zero-order valence-corrected chi connectivity index (χ0v) is 14.8. The van der Waals surface area contributed by atoms with Crippen molar-refractivity contribution < 1.29 is 17.9 Å². The van der Waals surface area contributed by atoms with E-state index in [1.165, 1.54) is 26.2 Å². The van der Waals surface area contributed by atoms with Gasteiger partial charge in [0, 0.05) is 19.8 Å². The summed E-state index contributed by atoms with van der Waals surface area (Å²) in [7, 11) is -0.586. The molecular formula is C16H21N3O4S. The lowest BCUT2D eigenvalue weighted by atomic mass is 10.2. The Labute approximate surface area is 141 Å². The predicted molar refractivity (Wildman–Crippen MR) is 89.0 cm³/mol. The quantitative estimate of drug-likeness (QED) is 0.770. The van der Waals surface area contributed by atoms with Crippen molar-refractivity contribution in [3.63, 3.8) is 0 Å². The molecule has 2 aromatic rings. The van der Waals surface area contributed by atoms with E-state index >= 15 is 0 Å². The fraction of sp³-hybridized carbons (Fsp3) is 0.375. The molecule has 24 heavy (non-hydrogen) atoms. The van der Waals surface area contributed by atoms with Gasteiger partial charge in [0.25, 0.3) is 0 Å². The molecule has 0 aliphatic heterocycles. The molecule has 2 rings (SSSR count). The molecular weight excluding hydrogens is 330 g/mol. The van der Waals surface area contributed by atoms with Crippen LogP contribution in [0, 0.1) is 0 Å². The minimum Gasteiger partial charge on any atom is -0.456 e. The van der Waals surface area contributed by atoms with Crippen LogP contribution in [0.25, 0.3) is 0 Å². The first-order valence-electron chi connectivity index (χ1n) is 7.57. The molecule has 1 aromatic heterocycles. The first kappa shape index (κ1) is 18.2. The van der Waals surface area contributed by atoms with Crippen molar-refractivity contribution in [3.05, 3.63) is 47.3 Å². The lowest BCUT2D eigenvalue weighted by molar-refractivity contribution is 0.0465. The number of nitrogens with one attached hydrogen (secondary N) is 1. The zero-order chi connectivity index (χ0) is 17.7. The van der Waals surface area contributed by atoms with Gasteiger partial charge in [0.05, 0.1) is 4.90 Å². The number of nitrogens with zero attached hydrogens (tertiary/aromatic N) is 2. The summed E-state index contributed by atoms with van der Waals surface area (Å²) in [5, 5.41) is 6.72. The van der Waals surface area contributed by atoms with E-state index in [9.17, 15) is 13.2 Å². The molecule has 0 unspecified atom stereocenters. The maximum atomic E-state index is 12.1. The normalized spacial score (nSPS) is 11.7. The van der Waals surface area contributed by atoms with Gasteiger partial charge in [0.15, 0.2) is 5.69 Å². The average molecular weight is 351 g/mol. The average Bonchev–Trinajstić information content (AvgIpc) is 3.02. The van der Waals surface area contributed by atoms with Crippen LogP contribution in [0.1, 0.15) is 35.1 Å². The summed E-state index contributed by atoms with van der Waals surface area (Å²) in [6.07, 6.45) is 1.76. The third-order valence-electron chi connectivity index (χ3n) is 3.41. The molecule has 8 heteroatoms. The minimum absolute atomic E-state index is 0.0222. The van der Waals surface area contributed by atoms with Crippen LogP contribution in [-0.4, -0.2) is 43.0 Å². The number of carbonyl (C=O) groups excluding carboxylic acids is 1. The van der Waals surface area contributed by atoms with Gasteiger partial charge in [-0.1, -0.05) is 25.5 Å². The van der Waals surface area contributed by atoms with Gasteiger partial charge in [-0.3, -0.25) is 5.10 Å². The summed E-state index contributed by atoms with van der Waals surface area (Å²) >= 11 is 0. The molecule has 1 N–H and O–H groups in total. The van der Waals surface area contributed by atoms with E-state index in [0.29, 0.717) is 5.56 Å². The van der Waals surface area contributed by atoms with E-state index in [2.05, 4.69) is 10.2 Å². The van der Waals surface area contributed by atoms with Crippen molar-refractivity contribution in [2.75, 3.05) is 14.1 Å². The predicted octanol–water partition coefficient (Wildman–Crippen LogP) is 1.97. The molecule has 0 fully saturated rings.